The number of nitrogens with zero attached hydrogens (tertiary/aromatic N) is 3. The molecule has 7 nitrogen and oxygen atoms in total. The van der Waals surface area contributed by atoms with E-state index < -0.39 is 0 Å². The summed E-state index contributed by atoms with van der Waals surface area (Å²) >= 11 is 6.74. The van der Waals surface area contributed by atoms with Gasteiger partial charge in [0.2, 0.25) is 5.88 Å². The molecule has 0 saturated heterocycles. The van der Waals surface area contributed by atoms with Crippen molar-refractivity contribution >= 4 is 17.3 Å². The van der Waals surface area contributed by atoms with E-state index in [2.05, 4.69) is 49.1 Å². The zero-order valence-electron chi connectivity index (χ0n) is 27.7. The monoisotopic (exact) mass is 628 g/mol. The van der Waals surface area contributed by atoms with Gasteiger partial charge < -0.3 is 19.5 Å². The lowest BCUT2D eigenvalue weighted by Crippen LogP contribution is -2.26. The number of aromatic nitrogens is 2. The second-order valence-electron chi connectivity index (χ2n) is 11.7. The Balaban J connectivity index is 1.66. The summed E-state index contributed by atoms with van der Waals surface area (Å²) in [5, 5.41) is 4.11. The Bertz CT molecular complexity index is 1590. The van der Waals surface area contributed by atoms with Gasteiger partial charge in [-0.25, -0.2) is 15.0 Å². The van der Waals surface area contributed by atoms with E-state index in [1.54, 1.807) is 20.4 Å². The fourth-order valence-electron chi connectivity index (χ4n) is 5.52. The Labute approximate surface area is 273 Å². The van der Waals surface area contributed by atoms with E-state index in [0.29, 0.717) is 47.1 Å². The average Bonchev–Trinajstić information content (AvgIpc) is 3.83. The maximum atomic E-state index is 6.74. The van der Waals surface area contributed by atoms with Crippen LogP contribution in [0.2, 0.25) is 5.02 Å². The van der Waals surface area contributed by atoms with Crippen molar-refractivity contribution in [2.45, 2.75) is 66.2 Å². The van der Waals surface area contributed by atoms with Crippen LogP contribution in [0, 0.1) is 24.2 Å². The smallest absolute Gasteiger partial charge is 0.232 e. The molecule has 0 bridgehead atoms. The number of hydrogen-bond donors (Lipinski definition) is 1. The van der Waals surface area contributed by atoms with Crippen LogP contribution in [0.1, 0.15) is 77.5 Å². The van der Waals surface area contributed by atoms with Crippen molar-refractivity contribution in [1.82, 2.24) is 15.3 Å². The molecule has 4 rings (SSSR count). The highest BCUT2D eigenvalue weighted by Gasteiger charge is 2.30. The van der Waals surface area contributed by atoms with Gasteiger partial charge in [0.25, 0.3) is 0 Å². The van der Waals surface area contributed by atoms with Gasteiger partial charge in [0.05, 0.1) is 20.8 Å². The van der Waals surface area contributed by atoms with Crippen molar-refractivity contribution in [2.24, 2.45) is 16.8 Å². The van der Waals surface area contributed by atoms with Crippen molar-refractivity contribution in [2.75, 3.05) is 27.4 Å². The van der Waals surface area contributed by atoms with Gasteiger partial charge in [0.1, 0.15) is 16.5 Å². The first kappa shape index (κ1) is 33.9. The van der Waals surface area contributed by atoms with Crippen LogP contribution in [0.3, 0.4) is 0 Å². The first-order chi connectivity index (χ1) is 21.7. The van der Waals surface area contributed by atoms with Crippen molar-refractivity contribution < 1.29 is 14.2 Å². The van der Waals surface area contributed by atoms with E-state index >= 15 is 0 Å². The van der Waals surface area contributed by atoms with Crippen LogP contribution in [-0.2, 0) is 4.74 Å². The predicted octanol–water partition coefficient (Wildman–Crippen LogP) is 8.40. The standard InChI is InChI=1S/C37H45ClN4O3/c1-10-24(18-33(43-8)31(13-4)41-30(12-3)25-14-15-25)29(11-2)40-20-28(22(5)6)32-19-27-23(7)21-45-36(27)35(42-32)26-16-17-39-37(44-9)34(26)38/h4,10-12,16-19,22-23,25,28,40H,14-15,20-21H2,1-3,5-9H3/b24-10+,29-11?,30-12-,33-18+,41-31+. The summed E-state index contributed by atoms with van der Waals surface area (Å²) in [6.07, 6.45) is 18.0. The Morgan fingerprint density at radius 2 is 1.98 bits per heavy atom. The summed E-state index contributed by atoms with van der Waals surface area (Å²) in [5.41, 5.74) is 6.98. The SMILES string of the molecule is C#CC(=N\C(=C/C)C1CC1)/C(=C\C(=C/C)C(=CC)NCC(c1cc2c(c(-c3ccnc(OC)c3Cl)n1)OCC2C)C(C)C)OC. The normalized spacial score (nSPS) is 18.3. The number of aliphatic imine (C=N–C) groups is 1. The molecule has 0 radical (unpaired) electrons. The molecule has 2 atom stereocenters. The Hall–Kier alpha value is -4.02. The number of terminal acetylenes is 1. The number of methoxy groups -OCH3 is 2. The molecule has 2 unspecified atom stereocenters. The molecule has 1 N–H and O–H groups in total. The van der Waals surface area contributed by atoms with Crippen LogP contribution in [0.15, 0.2) is 70.4 Å². The number of halogens is 1. The summed E-state index contributed by atoms with van der Waals surface area (Å²) in [7, 11) is 3.18. The summed E-state index contributed by atoms with van der Waals surface area (Å²) in [6, 6.07) is 4.05. The van der Waals surface area contributed by atoms with Crippen molar-refractivity contribution in [1.29, 1.82) is 0 Å². The van der Waals surface area contributed by atoms with Crippen LogP contribution in [0.4, 0.5) is 0 Å². The Morgan fingerprint density at radius 1 is 1.22 bits per heavy atom. The number of fused-ring (bicyclic) bond motifs is 1. The van der Waals surface area contributed by atoms with Crippen molar-refractivity contribution in [3.8, 4) is 35.2 Å². The molecule has 2 aromatic rings. The van der Waals surface area contributed by atoms with Gasteiger partial charge in [0.15, 0.2) is 11.5 Å². The maximum absolute atomic E-state index is 6.74. The predicted molar refractivity (Wildman–Crippen MR) is 184 cm³/mol. The van der Waals surface area contributed by atoms with Gasteiger partial charge in [-0.1, -0.05) is 50.6 Å². The summed E-state index contributed by atoms with van der Waals surface area (Å²) in [4.78, 5) is 14.2. The maximum Gasteiger partial charge on any atom is 0.232 e. The molecule has 1 fully saturated rings. The molecule has 238 valence electrons. The van der Waals surface area contributed by atoms with Crippen molar-refractivity contribution in [3.63, 3.8) is 0 Å². The minimum absolute atomic E-state index is 0.0851. The minimum atomic E-state index is 0.0851. The highest BCUT2D eigenvalue weighted by atomic mass is 35.5. The van der Waals surface area contributed by atoms with Gasteiger partial charge in [-0.05, 0) is 69.2 Å². The minimum Gasteiger partial charge on any atom is -0.494 e. The third-order valence-corrected chi connectivity index (χ3v) is 8.72. The average molecular weight is 629 g/mol. The molecule has 1 aliphatic heterocycles. The van der Waals surface area contributed by atoms with E-state index in [1.165, 1.54) is 0 Å². The number of ether oxygens (including phenoxy) is 3. The summed E-state index contributed by atoms with van der Waals surface area (Å²) in [5.74, 6) is 5.51. The highest BCUT2D eigenvalue weighted by molar-refractivity contribution is 6.34. The lowest BCUT2D eigenvalue weighted by Gasteiger charge is -2.25. The zero-order chi connectivity index (χ0) is 32.7. The third-order valence-electron chi connectivity index (χ3n) is 8.35. The van der Waals surface area contributed by atoms with Crippen LogP contribution in [-0.4, -0.2) is 43.1 Å². The fraction of sp³-hybridized carbons (Fsp3) is 0.432. The molecular weight excluding hydrogens is 584 g/mol. The summed E-state index contributed by atoms with van der Waals surface area (Å²) in [6.45, 7) is 13.9. The number of rotatable bonds is 13. The summed E-state index contributed by atoms with van der Waals surface area (Å²) < 4.78 is 17.3. The molecule has 45 heavy (non-hydrogen) atoms. The van der Waals surface area contributed by atoms with Gasteiger partial charge in [-0.2, -0.15) is 0 Å². The molecule has 0 amide bonds. The topological polar surface area (TPSA) is 77.9 Å². The van der Waals surface area contributed by atoms with Crippen LogP contribution >= 0.6 is 11.6 Å². The molecule has 1 saturated carbocycles. The van der Waals surface area contributed by atoms with E-state index in [4.69, 9.17) is 42.2 Å². The fourth-order valence-corrected chi connectivity index (χ4v) is 5.80. The molecule has 0 aromatic carbocycles. The second kappa shape index (κ2) is 15.3. The van der Waals surface area contributed by atoms with Crippen molar-refractivity contribution in [3.05, 3.63) is 81.6 Å². The molecule has 3 heterocycles. The quantitative estimate of drug-likeness (QED) is 0.104. The first-order valence-electron chi connectivity index (χ1n) is 15.6. The lowest BCUT2D eigenvalue weighted by molar-refractivity contribution is 0.315. The van der Waals surface area contributed by atoms with Gasteiger partial charge in [-0.3, -0.25) is 0 Å². The van der Waals surface area contributed by atoms with Crippen LogP contribution < -0.4 is 14.8 Å². The van der Waals surface area contributed by atoms with E-state index in [9.17, 15) is 0 Å². The van der Waals surface area contributed by atoms with Crippen LogP contribution in [0.25, 0.3) is 11.3 Å². The van der Waals surface area contributed by atoms with E-state index in [0.717, 1.165) is 52.4 Å². The molecule has 1 aliphatic carbocycles. The highest BCUT2D eigenvalue weighted by Crippen LogP contribution is 2.45. The second-order valence-corrected chi connectivity index (χ2v) is 12.1. The van der Waals surface area contributed by atoms with Crippen LogP contribution in [0.5, 0.6) is 11.6 Å². The molecule has 2 aliphatic rings. The Morgan fingerprint density at radius 3 is 2.56 bits per heavy atom. The number of pyridine rings is 2. The Kier molecular flexibility index (Phi) is 11.5. The first-order valence-corrected chi connectivity index (χ1v) is 16.0. The molecule has 0 spiro atoms. The van der Waals surface area contributed by atoms with Gasteiger partial charge in [0, 0.05) is 58.7 Å². The van der Waals surface area contributed by atoms with Gasteiger partial charge >= 0.3 is 0 Å². The van der Waals surface area contributed by atoms with Gasteiger partial charge in [-0.15, -0.1) is 6.42 Å². The number of hydrogen-bond acceptors (Lipinski definition) is 7. The molecule has 8 heteroatoms. The number of allylic oxidation sites excluding steroid dienone is 6. The molecular formula is C37H45ClN4O3. The third kappa shape index (κ3) is 7.62. The lowest BCUT2D eigenvalue weighted by atomic mass is 9.89. The van der Waals surface area contributed by atoms with E-state index in [-0.39, 0.29) is 17.8 Å². The van der Waals surface area contributed by atoms with E-state index in [1.807, 2.05) is 45.1 Å². The molecule has 2 aromatic heterocycles. The zero-order valence-corrected chi connectivity index (χ0v) is 28.5. The number of nitrogens with one attached hydrogen (secondary N) is 1. The largest absolute Gasteiger partial charge is 0.494 e.